The largest absolute Gasteiger partial charge is 0.493 e. The molecule has 0 radical (unpaired) electrons. The second-order valence-electron chi connectivity index (χ2n) is 10.1. The molecule has 4 aliphatic rings. The first kappa shape index (κ1) is 21.8. The Labute approximate surface area is 195 Å². The lowest BCUT2D eigenvalue weighted by Gasteiger charge is -2.57. The monoisotopic (exact) mass is 448 g/mol. The Morgan fingerprint density at radius 2 is 1.48 bits per heavy atom. The summed E-state index contributed by atoms with van der Waals surface area (Å²) in [5.74, 6) is 3.13. The predicted molar refractivity (Wildman–Crippen MR) is 127 cm³/mol. The second-order valence-corrected chi connectivity index (χ2v) is 10.1. The van der Waals surface area contributed by atoms with Crippen LogP contribution in [0.25, 0.3) is 0 Å². The molecule has 4 fully saturated rings. The maximum atomic E-state index is 12.4. The van der Waals surface area contributed by atoms with Gasteiger partial charge in [0.15, 0.2) is 11.5 Å². The molecule has 4 aliphatic carbocycles. The molecule has 2 amide bonds. The van der Waals surface area contributed by atoms with Gasteiger partial charge in [-0.25, -0.2) is 0 Å². The number of methoxy groups -OCH3 is 2. The number of amides is 2. The van der Waals surface area contributed by atoms with Gasteiger partial charge in [-0.2, -0.15) is 0 Å². The summed E-state index contributed by atoms with van der Waals surface area (Å²) in [6.45, 7) is -0.107. The first-order chi connectivity index (χ1) is 16.0. The molecule has 33 heavy (non-hydrogen) atoms. The Morgan fingerprint density at radius 3 is 2.06 bits per heavy atom. The van der Waals surface area contributed by atoms with E-state index >= 15 is 0 Å². The maximum absolute atomic E-state index is 12.4. The number of nitrogens with one attached hydrogen (secondary N) is 2. The fraction of sp³-hybridized carbons (Fsp3) is 0.481. The van der Waals surface area contributed by atoms with E-state index in [0.29, 0.717) is 22.5 Å². The third kappa shape index (κ3) is 4.31. The van der Waals surface area contributed by atoms with Crippen molar-refractivity contribution in [1.29, 1.82) is 0 Å². The molecule has 2 aromatic carbocycles. The van der Waals surface area contributed by atoms with Crippen molar-refractivity contribution in [2.24, 2.45) is 17.8 Å². The zero-order chi connectivity index (χ0) is 23.0. The SMILES string of the molecule is COc1ccc(C(=O)NCC(=O)Nc2ccc(C34CC5CC(CC(C5)C3)C4)cc2)cc1OC. The molecule has 0 atom stereocenters. The van der Waals surface area contributed by atoms with Gasteiger partial charge in [0.05, 0.1) is 20.8 Å². The number of hydrogen-bond donors (Lipinski definition) is 2. The highest BCUT2D eigenvalue weighted by Crippen LogP contribution is 2.60. The third-order valence-corrected chi connectivity index (χ3v) is 7.87. The zero-order valence-corrected chi connectivity index (χ0v) is 19.4. The summed E-state index contributed by atoms with van der Waals surface area (Å²) in [7, 11) is 3.05. The van der Waals surface area contributed by atoms with Gasteiger partial charge in [-0.3, -0.25) is 9.59 Å². The van der Waals surface area contributed by atoms with Crippen LogP contribution in [0.5, 0.6) is 11.5 Å². The molecule has 6 heteroatoms. The molecule has 0 spiro atoms. The van der Waals surface area contributed by atoms with Crippen molar-refractivity contribution in [3.8, 4) is 11.5 Å². The predicted octanol–water partition coefficient (Wildman–Crippen LogP) is 4.54. The van der Waals surface area contributed by atoms with Gasteiger partial charge in [0.1, 0.15) is 0 Å². The van der Waals surface area contributed by atoms with Gasteiger partial charge >= 0.3 is 0 Å². The number of carbonyl (C=O) groups excluding carboxylic acids is 2. The Bertz CT molecular complexity index is 1010. The summed E-state index contributed by atoms with van der Waals surface area (Å²) < 4.78 is 10.4. The first-order valence-electron chi connectivity index (χ1n) is 11.9. The summed E-state index contributed by atoms with van der Waals surface area (Å²) in [6.07, 6.45) is 8.28. The van der Waals surface area contributed by atoms with E-state index in [9.17, 15) is 9.59 Å². The average Bonchev–Trinajstić information content (AvgIpc) is 2.81. The van der Waals surface area contributed by atoms with Gasteiger partial charge in [-0.05, 0) is 97.6 Å². The fourth-order valence-corrected chi connectivity index (χ4v) is 6.82. The van der Waals surface area contributed by atoms with Crippen molar-refractivity contribution in [1.82, 2.24) is 5.32 Å². The van der Waals surface area contributed by atoms with Crippen molar-refractivity contribution in [3.05, 3.63) is 53.6 Å². The van der Waals surface area contributed by atoms with Gasteiger partial charge in [0.2, 0.25) is 5.91 Å². The number of hydrogen-bond acceptors (Lipinski definition) is 4. The standard InChI is InChI=1S/C27H32N2O4/c1-32-23-8-3-20(12-24(23)33-2)26(31)28-16-25(30)29-22-6-4-21(5-7-22)27-13-17-9-18(14-27)11-19(10-17)15-27/h3-8,12,17-19H,9-11,13-16H2,1-2H3,(H,28,31)(H,29,30). The molecule has 0 aliphatic heterocycles. The molecule has 6 rings (SSSR count). The minimum atomic E-state index is -0.344. The van der Waals surface area contributed by atoms with Crippen LogP contribution in [0.4, 0.5) is 5.69 Å². The van der Waals surface area contributed by atoms with Gasteiger partial charge in [-0.15, -0.1) is 0 Å². The lowest BCUT2D eigenvalue weighted by Crippen LogP contribution is -2.48. The number of rotatable bonds is 7. The van der Waals surface area contributed by atoms with E-state index in [4.69, 9.17) is 9.47 Å². The smallest absolute Gasteiger partial charge is 0.251 e. The van der Waals surface area contributed by atoms with Crippen molar-refractivity contribution in [3.63, 3.8) is 0 Å². The molecule has 6 nitrogen and oxygen atoms in total. The molecule has 4 saturated carbocycles. The van der Waals surface area contributed by atoms with E-state index in [1.54, 1.807) is 18.2 Å². The van der Waals surface area contributed by atoms with Crippen LogP contribution in [0, 0.1) is 17.8 Å². The van der Waals surface area contributed by atoms with Crippen LogP contribution in [0.1, 0.15) is 54.4 Å². The highest BCUT2D eigenvalue weighted by atomic mass is 16.5. The van der Waals surface area contributed by atoms with Crippen LogP contribution in [-0.2, 0) is 10.2 Å². The van der Waals surface area contributed by atoms with Crippen LogP contribution in [0.2, 0.25) is 0 Å². The normalized spacial score (nSPS) is 27.2. The minimum Gasteiger partial charge on any atom is -0.493 e. The molecular weight excluding hydrogens is 416 g/mol. The summed E-state index contributed by atoms with van der Waals surface area (Å²) in [5, 5.41) is 5.55. The van der Waals surface area contributed by atoms with Crippen molar-refractivity contribution in [2.45, 2.75) is 43.9 Å². The van der Waals surface area contributed by atoms with E-state index in [-0.39, 0.29) is 18.4 Å². The Hall–Kier alpha value is -3.02. The second kappa shape index (κ2) is 8.73. The van der Waals surface area contributed by atoms with Crippen LogP contribution < -0.4 is 20.1 Å². The number of ether oxygens (including phenoxy) is 2. The van der Waals surface area contributed by atoms with Gasteiger partial charge in [-0.1, -0.05) is 12.1 Å². The summed E-state index contributed by atoms with van der Waals surface area (Å²) in [4.78, 5) is 24.8. The molecule has 174 valence electrons. The van der Waals surface area contributed by atoms with Gasteiger partial charge < -0.3 is 20.1 Å². The molecule has 2 aromatic rings. The van der Waals surface area contributed by atoms with Crippen LogP contribution in [0.3, 0.4) is 0 Å². The Kier molecular flexibility index (Phi) is 5.77. The van der Waals surface area contributed by atoms with Crippen molar-refractivity contribution in [2.75, 3.05) is 26.1 Å². The highest BCUT2D eigenvalue weighted by molar-refractivity contribution is 5.99. The summed E-state index contributed by atoms with van der Waals surface area (Å²) >= 11 is 0. The minimum absolute atomic E-state index is 0.107. The first-order valence-corrected chi connectivity index (χ1v) is 11.9. The van der Waals surface area contributed by atoms with Crippen molar-refractivity contribution >= 4 is 17.5 Å². The molecule has 0 heterocycles. The van der Waals surface area contributed by atoms with E-state index < -0.39 is 0 Å². The topological polar surface area (TPSA) is 76.7 Å². The van der Waals surface area contributed by atoms with E-state index in [1.165, 1.54) is 58.3 Å². The molecule has 0 unspecified atom stereocenters. The summed E-state index contributed by atoms with van der Waals surface area (Å²) in [6, 6.07) is 13.3. The fourth-order valence-electron chi connectivity index (χ4n) is 6.82. The Balaban J connectivity index is 1.17. The van der Waals surface area contributed by atoms with E-state index in [1.807, 2.05) is 12.1 Å². The number of anilines is 1. The quantitative estimate of drug-likeness (QED) is 0.652. The molecule has 4 bridgehead atoms. The molecule has 2 N–H and O–H groups in total. The Morgan fingerprint density at radius 1 is 0.879 bits per heavy atom. The maximum Gasteiger partial charge on any atom is 0.251 e. The van der Waals surface area contributed by atoms with Gasteiger partial charge in [0.25, 0.3) is 5.91 Å². The van der Waals surface area contributed by atoms with E-state index in [0.717, 1.165) is 23.4 Å². The number of carbonyl (C=O) groups is 2. The van der Waals surface area contributed by atoms with Crippen LogP contribution in [0.15, 0.2) is 42.5 Å². The molecular formula is C27H32N2O4. The summed E-state index contributed by atoms with van der Waals surface area (Å²) in [5.41, 5.74) is 2.94. The van der Waals surface area contributed by atoms with Crippen molar-refractivity contribution < 1.29 is 19.1 Å². The van der Waals surface area contributed by atoms with Gasteiger partial charge in [0, 0.05) is 11.3 Å². The molecule has 0 aromatic heterocycles. The van der Waals surface area contributed by atoms with Crippen LogP contribution >= 0.6 is 0 Å². The highest BCUT2D eigenvalue weighted by Gasteiger charge is 2.51. The molecule has 0 saturated heterocycles. The van der Waals surface area contributed by atoms with Crippen LogP contribution in [-0.4, -0.2) is 32.6 Å². The third-order valence-electron chi connectivity index (χ3n) is 7.87. The van der Waals surface area contributed by atoms with E-state index in [2.05, 4.69) is 22.8 Å². The zero-order valence-electron chi connectivity index (χ0n) is 19.4. The average molecular weight is 449 g/mol. The number of benzene rings is 2. The lowest BCUT2D eigenvalue weighted by atomic mass is 9.48. The lowest BCUT2D eigenvalue weighted by molar-refractivity contribution is -0.115.